The van der Waals surface area contributed by atoms with Gasteiger partial charge in [0, 0.05) is 11.8 Å². The Morgan fingerprint density at radius 3 is 2.52 bits per heavy atom. The van der Waals surface area contributed by atoms with Crippen LogP contribution >= 0.6 is 0 Å². The number of anilines is 2. The van der Waals surface area contributed by atoms with Gasteiger partial charge < -0.3 is 10.1 Å². The summed E-state index contributed by atoms with van der Waals surface area (Å²) in [4.78, 5) is 0. The average Bonchev–Trinajstić information content (AvgIpc) is 2.54. The number of nitrogens with one attached hydrogen (secondary N) is 1. The summed E-state index contributed by atoms with van der Waals surface area (Å²) in [6.07, 6.45) is 0. The average molecular weight is 274 g/mol. The second kappa shape index (κ2) is 5.56. The SMILES string of the molecule is COc1ccc(C#N)c(Nc2ccc3ccccc3c2)c1. The lowest BCUT2D eigenvalue weighted by Gasteiger charge is -2.11. The van der Waals surface area contributed by atoms with Crippen LogP contribution in [0.25, 0.3) is 10.8 Å². The molecule has 0 saturated heterocycles. The molecule has 0 unspecified atom stereocenters. The van der Waals surface area contributed by atoms with Gasteiger partial charge in [-0.15, -0.1) is 0 Å². The zero-order valence-electron chi connectivity index (χ0n) is 11.6. The molecule has 0 aliphatic heterocycles. The molecule has 0 aromatic heterocycles. The van der Waals surface area contributed by atoms with Crippen molar-refractivity contribution in [3.63, 3.8) is 0 Å². The Hall–Kier alpha value is -2.99. The molecule has 3 rings (SSSR count). The molecule has 0 aliphatic carbocycles. The number of fused-ring (bicyclic) bond motifs is 1. The highest BCUT2D eigenvalue weighted by Crippen LogP contribution is 2.27. The van der Waals surface area contributed by atoms with E-state index in [-0.39, 0.29) is 0 Å². The van der Waals surface area contributed by atoms with Gasteiger partial charge >= 0.3 is 0 Å². The fourth-order valence-electron chi connectivity index (χ4n) is 2.27. The summed E-state index contributed by atoms with van der Waals surface area (Å²) in [5, 5.41) is 14.8. The number of nitrogens with zero attached hydrogens (tertiary/aromatic N) is 1. The van der Waals surface area contributed by atoms with Crippen LogP contribution in [0.15, 0.2) is 60.7 Å². The molecule has 0 amide bonds. The van der Waals surface area contributed by atoms with Gasteiger partial charge in [-0.3, -0.25) is 0 Å². The molecule has 3 heteroatoms. The maximum absolute atomic E-state index is 9.20. The van der Waals surface area contributed by atoms with Crippen molar-refractivity contribution >= 4 is 22.1 Å². The molecule has 0 radical (unpaired) electrons. The van der Waals surface area contributed by atoms with E-state index in [9.17, 15) is 5.26 Å². The molecule has 0 bridgehead atoms. The van der Waals surface area contributed by atoms with E-state index in [2.05, 4.69) is 35.7 Å². The maximum atomic E-state index is 9.20. The summed E-state index contributed by atoms with van der Waals surface area (Å²) >= 11 is 0. The van der Waals surface area contributed by atoms with Gasteiger partial charge in [0.15, 0.2) is 0 Å². The van der Waals surface area contributed by atoms with Crippen LogP contribution in [0.2, 0.25) is 0 Å². The van der Waals surface area contributed by atoms with Gasteiger partial charge in [0.05, 0.1) is 18.4 Å². The predicted molar refractivity (Wildman–Crippen MR) is 84.9 cm³/mol. The first-order valence-corrected chi connectivity index (χ1v) is 6.64. The van der Waals surface area contributed by atoms with Crippen molar-refractivity contribution in [2.75, 3.05) is 12.4 Å². The zero-order valence-corrected chi connectivity index (χ0v) is 11.6. The minimum atomic E-state index is 0.587. The fraction of sp³-hybridized carbons (Fsp3) is 0.0556. The summed E-state index contributed by atoms with van der Waals surface area (Å²) in [6.45, 7) is 0. The van der Waals surface area contributed by atoms with Crippen molar-refractivity contribution in [2.24, 2.45) is 0 Å². The van der Waals surface area contributed by atoms with Crippen LogP contribution in [0.5, 0.6) is 5.75 Å². The molecule has 3 aromatic rings. The predicted octanol–water partition coefficient (Wildman–Crippen LogP) is 4.46. The first-order valence-electron chi connectivity index (χ1n) is 6.64. The maximum Gasteiger partial charge on any atom is 0.121 e. The van der Waals surface area contributed by atoms with Gasteiger partial charge in [-0.05, 0) is 35.0 Å². The Balaban J connectivity index is 2.00. The Kier molecular flexibility index (Phi) is 3.44. The topological polar surface area (TPSA) is 45.0 Å². The largest absolute Gasteiger partial charge is 0.497 e. The zero-order chi connectivity index (χ0) is 14.7. The van der Waals surface area contributed by atoms with Crippen LogP contribution < -0.4 is 10.1 Å². The van der Waals surface area contributed by atoms with E-state index >= 15 is 0 Å². The lowest BCUT2D eigenvalue weighted by atomic mass is 10.1. The molecule has 3 aromatic carbocycles. The van der Waals surface area contributed by atoms with E-state index in [1.807, 2.05) is 24.3 Å². The Labute approximate surface area is 123 Å². The van der Waals surface area contributed by atoms with Crippen LogP contribution in [0, 0.1) is 11.3 Å². The van der Waals surface area contributed by atoms with Gasteiger partial charge in [0.1, 0.15) is 11.8 Å². The fourth-order valence-corrected chi connectivity index (χ4v) is 2.27. The summed E-state index contributed by atoms with van der Waals surface area (Å²) in [5.41, 5.74) is 2.27. The molecule has 0 spiro atoms. The number of methoxy groups -OCH3 is 1. The van der Waals surface area contributed by atoms with Crippen LogP contribution in [0.1, 0.15) is 5.56 Å². The van der Waals surface area contributed by atoms with Crippen LogP contribution in [-0.2, 0) is 0 Å². The highest BCUT2D eigenvalue weighted by Gasteiger charge is 2.05. The van der Waals surface area contributed by atoms with Gasteiger partial charge in [0.25, 0.3) is 0 Å². The van der Waals surface area contributed by atoms with E-state index in [1.165, 1.54) is 5.39 Å². The van der Waals surface area contributed by atoms with Crippen molar-refractivity contribution in [1.29, 1.82) is 5.26 Å². The second-order valence-electron chi connectivity index (χ2n) is 4.71. The van der Waals surface area contributed by atoms with E-state index in [1.54, 1.807) is 19.2 Å². The van der Waals surface area contributed by atoms with Crippen LogP contribution in [0.3, 0.4) is 0 Å². The van der Waals surface area contributed by atoms with Crippen molar-refractivity contribution in [3.05, 3.63) is 66.2 Å². The molecule has 3 nitrogen and oxygen atoms in total. The molecule has 0 atom stereocenters. The van der Waals surface area contributed by atoms with Crippen molar-refractivity contribution in [2.45, 2.75) is 0 Å². The summed E-state index contributed by atoms with van der Waals surface area (Å²) in [7, 11) is 1.61. The Bertz CT molecular complexity index is 834. The van der Waals surface area contributed by atoms with E-state index in [0.717, 1.165) is 22.5 Å². The molecular weight excluding hydrogens is 260 g/mol. The minimum Gasteiger partial charge on any atom is -0.497 e. The van der Waals surface area contributed by atoms with Crippen molar-refractivity contribution in [1.82, 2.24) is 0 Å². The molecule has 0 fully saturated rings. The molecular formula is C18H14N2O. The quantitative estimate of drug-likeness (QED) is 0.766. The Morgan fingerprint density at radius 1 is 0.952 bits per heavy atom. The summed E-state index contributed by atoms with van der Waals surface area (Å²) in [6, 6.07) is 21.8. The van der Waals surface area contributed by atoms with Gasteiger partial charge in [-0.2, -0.15) is 5.26 Å². The Morgan fingerprint density at radius 2 is 1.76 bits per heavy atom. The number of benzene rings is 3. The van der Waals surface area contributed by atoms with Gasteiger partial charge in [-0.1, -0.05) is 30.3 Å². The monoisotopic (exact) mass is 274 g/mol. The number of hydrogen-bond donors (Lipinski definition) is 1. The van der Waals surface area contributed by atoms with Crippen molar-refractivity contribution < 1.29 is 4.74 Å². The smallest absolute Gasteiger partial charge is 0.121 e. The minimum absolute atomic E-state index is 0.587. The third kappa shape index (κ3) is 2.65. The lowest BCUT2D eigenvalue weighted by Crippen LogP contribution is -1.95. The van der Waals surface area contributed by atoms with Gasteiger partial charge in [0.2, 0.25) is 0 Å². The molecule has 0 heterocycles. The van der Waals surface area contributed by atoms with Crippen molar-refractivity contribution in [3.8, 4) is 11.8 Å². The number of rotatable bonds is 3. The van der Waals surface area contributed by atoms with E-state index in [4.69, 9.17) is 4.74 Å². The van der Waals surface area contributed by atoms with E-state index in [0.29, 0.717) is 5.56 Å². The van der Waals surface area contributed by atoms with Gasteiger partial charge in [-0.25, -0.2) is 0 Å². The van der Waals surface area contributed by atoms with E-state index < -0.39 is 0 Å². The highest BCUT2D eigenvalue weighted by atomic mass is 16.5. The third-order valence-electron chi connectivity index (χ3n) is 3.38. The highest BCUT2D eigenvalue weighted by molar-refractivity contribution is 5.86. The molecule has 21 heavy (non-hydrogen) atoms. The normalized spacial score (nSPS) is 10.1. The lowest BCUT2D eigenvalue weighted by molar-refractivity contribution is 0.415. The van der Waals surface area contributed by atoms with Crippen LogP contribution in [-0.4, -0.2) is 7.11 Å². The first-order chi connectivity index (χ1) is 10.3. The number of ether oxygens (including phenoxy) is 1. The third-order valence-corrected chi connectivity index (χ3v) is 3.38. The molecule has 102 valence electrons. The molecule has 0 saturated carbocycles. The summed E-state index contributed by atoms with van der Waals surface area (Å²) in [5.74, 6) is 0.720. The first kappa shape index (κ1) is 13.0. The molecule has 0 aliphatic rings. The number of hydrogen-bond acceptors (Lipinski definition) is 3. The molecule has 1 N–H and O–H groups in total. The van der Waals surface area contributed by atoms with Crippen LogP contribution in [0.4, 0.5) is 11.4 Å². The second-order valence-corrected chi connectivity index (χ2v) is 4.71. The standard InChI is InChI=1S/C18H14N2O/c1-21-17-9-7-15(12-19)18(11-17)20-16-8-6-13-4-2-3-5-14(13)10-16/h2-11,20H,1H3. The summed E-state index contributed by atoms with van der Waals surface area (Å²) < 4.78 is 5.21. The number of nitriles is 1.